The van der Waals surface area contributed by atoms with E-state index >= 15 is 0 Å². The molecule has 0 N–H and O–H groups in total. The molecule has 182 valence electrons. The van der Waals surface area contributed by atoms with Gasteiger partial charge >= 0.3 is 0 Å². The van der Waals surface area contributed by atoms with Crippen LogP contribution in [0, 0.1) is 0 Å². The number of nitrogens with zero attached hydrogens (tertiary/aromatic N) is 4. The average molecular weight is 549 g/mol. The maximum atomic E-state index is 13.4. The summed E-state index contributed by atoms with van der Waals surface area (Å²) in [5, 5.41) is 8.80. The van der Waals surface area contributed by atoms with E-state index in [4.69, 9.17) is 4.98 Å². The number of aryl methyl sites for hydroxylation is 1. The molecule has 0 atom stereocenters. The van der Waals surface area contributed by atoms with Gasteiger partial charge in [-0.05, 0) is 47.0 Å². The van der Waals surface area contributed by atoms with Crippen molar-refractivity contribution >= 4 is 54.7 Å². The number of hydrogen-bond donors (Lipinski definition) is 0. The molecule has 0 bridgehead atoms. The minimum absolute atomic E-state index is 0.162. The summed E-state index contributed by atoms with van der Waals surface area (Å²) in [6.45, 7) is 2.81. The summed E-state index contributed by atoms with van der Waals surface area (Å²) in [6, 6.07) is 28.8. The molecule has 0 saturated carbocycles. The van der Waals surface area contributed by atoms with E-state index in [-0.39, 0.29) is 5.56 Å². The van der Waals surface area contributed by atoms with Gasteiger partial charge in [0.1, 0.15) is 5.82 Å². The fourth-order valence-electron chi connectivity index (χ4n) is 4.94. The number of rotatable bonds is 6. The molecule has 0 unspecified atom stereocenters. The van der Waals surface area contributed by atoms with Crippen LogP contribution in [0.2, 0.25) is 0 Å². The third-order valence-electron chi connectivity index (χ3n) is 6.70. The highest BCUT2D eigenvalue weighted by atomic mass is 79.9. The maximum absolute atomic E-state index is 13.4. The molecule has 0 fully saturated rings. The van der Waals surface area contributed by atoms with Crippen LogP contribution in [-0.4, -0.2) is 20.4 Å². The molecule has 37 heavy (non-hydrogen) atoms. The molecule has 2 heterocycles. The zero-order valence-electron chi connectivity index (χ0n) is 20.4. The first-order chi connectivity index (χ1) is 18.1. The number of halogens is 1. The molecular formula is C31H25BrN4O. The third-order valence-corrected chi connectivity index (χ3v) is 7.19. The minimum Gasteiger partial charge on any atom is -0.342 e. The fraction of sp³-hybridized carbons (Fsp3) is 0.129. The second kappa shape index (κ2) is 9.79. The van der Waals surface area contributed by atoms with Gasteiger partial charge in [-0.25, -0.2) is 4.98 Å². The number of para-hydroxylation sites is 1. The van der Waals surface area contributed by atoms with Crippen molar-refractivity contribution < 1.29 is 0 Å². The molecule has 0 aliphatic rings. The zero-order valence-corrected chi connectivity index (χ0v) is 22.0. The normalized spacial score (nSPS) is 11.8. The first-order valence-corrected chi connectivity index (χ1v) is 13.2. The van der Waals surface area contributed by atoms with E-state index in [1.165, 1.54) is 21.0 Å². The van der Waals surface area contributed by atoms with Crippen LogP contribution in [0.5, 0.6) is 0 Å². The molecule has 6 heteroatoms. The van der Waals surface area contributed by atoms with Crippen LogP contribution < -0.4 is 5.56 Å². The Hall–Kier alpha value is -4.03. The van der Waals surface area contributed by atoms with Crippen molar-refractivity contribution in [3.63, 3.8) is 0 Å². The summed E-state index contributed by atoms with van der Waals surface area (Å²) >= 11 is 3.47. The maximum Gasteiger partial charge on any atom is 0.282 e. The van der Waals surface area contributed by atoms with E-state index in [2.05, 4.69) is 99.4 Å². The van der Waals surface area contributed by atoms with Gasteiger partial charge in [0.15, 0.2) is 0 Å². The van der Waals surface area contributed by atoms with Crippen LogP contribution in [0.3, 0.4) is 0 Å². The van der Waals surface area contributed by atoms with Gasteiger partial charge in [-0.15, -0.1) is 0 Å². The van der Waals surface area contributed by atoms with Gasteiger partial charge in [0, 0.05) is 40.1 Å². The van der Waals surface area contributed by atoms with Crippen LogP contribution in [0.25, 0.3) is 32.6 Å². The predicted molar refractivity (Wildman–Crippen MR) is 156 cm³/mol. The monoisotopic (exact) mass is 548 g/mol. The summed E-state index contributed by atoms with van der Waals surface area (Å²) in [5.74, 6) is 0.665. The van der Waals surface area contributed by atoms with E-state index in [9.17, 15) is 4.79 Å². The fourth-order valence-corrected chi connectivity index (χ4v) is 5.30. The molecule has 6 aromatic rings. The smallest absolute Gasteiger partial charge is 0.282 e. The Morgan fingerprint density at radius 2 is 1.70 bits per heavy atom. The van der Waals surface area contributed by atoms with Crippen molar-refractivity contribution in [1.82, 2.24) is 14.2 Å². The molecule has 0 amide bonds. The lowest BCUT2D eigenvalue weighted by Gasteiger charge is -2.09. The second-order valence-corrected chi connectivity index (χ2v) is 10.1. The number of hydrogen-bond acceptors (Lipinski definition) is 3. The third kappa shape index (κ3) is 4.38. The number of benzene rings is 4. The molecule has 0 aliphatic carbocycles. The van der Waals surface area contributed by atoms with Crippen LogP contribution in [-0.2, 0) is 13.0 Å². The van der Waals surface area contributed by atoms with Gasteiger partial charge in [0.05, 0.1) is 17.1 Å². The van der Waals surface area contributed by atoms with Gasteiger partial charge in [0.25, 0.3) is 5.56 Å². The van der Waals surface area contributed by atoms with Crippen molar-refractivity contribution in [2.75, 3.05) is 0 Å². The zero-order chi connectivity index (χ0) is 25.4. The van der Waals surface area contributed by atoms with Gasteiger partial charge in [-0.3, -0.25) is 4.79 Å². The molecule has 0 spiro atoms. The molecule has 0 saturated heterocycles. The van der Waals surface area contributed by atoms with Crippen molar-refractivity contribution in [2.45, 2.75) is 26.3 Å². The average Bonchev–Trinajstić information content (AvgIpc) is 3.26. The van der Waals surface area contributed by atoms with Crippen LogP contribution in [0.1, 0.15) is 30.3 Å². The highest BCUT2D eigenvalue weighted by molar-refractivity contribution is 9.10. The SMILES string of the molecule is CCCc1nc2ccc(Br)cc2c(=O)n1N=Cc1cn(Cc2cccc3ccccc23)c2ccccc12. The van der Waals surface area contributed by atoms with E-state index in [0.29, 0.717) is 23.1 Å². The largest absolute Gasteiger partial charge is 0.342 e. The van der Waals surface area contributed by atoms with Gasteiger partial charge < -0.3 is 4.57 Å². The van der Waals surface area contributed by atoms with Crippen LogP contribution >= 0.6 is 15.9 Å². The minimum atomic E-state index is -0.162. The molecule has 4 aromatic carbocycles. The van der Waals surface area contributed by atoms with E-state index in [0.717, 1.165) is 33.9 Å². The van der Waals surface area contributed by atoms with Crippen molar-refractivity contribution in [2.24, 2.45) is 5.10 Å². The van der Waals surface area contributed by atoms with E-state index < -0.39 is 0 Å². The Kier molecular flexibility index (Phi) is 6.18. The highest BCUT2D eigenvalue weighted by Crippen LogP contribution is 2.25. The Morgan fingerprint density at radius 1 is 0.919 bits per heavy atom. The quantitative estimate of drug-likeness (QED) is 0.207. The summed E-state index contributed by atoms with van der Waals surface area (Å²) in [6.07, 6.45) is 5.44. The molecule has 2 aromatic heterocycles. The molecule has 6 rings (SSSR count). The van der Waals surface area contributed by atoms with Crippen LogP contribution in [0.15, 0.2) is 105 Å². The summed E-state index contributed by atoms with van der Waals surface area (Å²) in [7, 11) is 0. The first-order valence-electron chi connectivity index (χ1n) is 12.4. The van der Waals surface area contributed by atoms with Crippen molar-refractivity contribution in [1.29, 1.82) is 0 Å². The first kappa shape index (κ1) is 23.4. The molecule has 0 radical (unpaired) electrons. The lowest BCUT2D eigenvalue weighted by atomic mass is 10.0. The Labute approximate surface area is 222 Å². The standard InChI is InChI=1S/C31H25BrN4O/c1-2-8-30-34-28-16-15-24(32)17-27(28)31(37)36(30)33-18-23-20-35(29-14-6-5-13-26(23)29)19-22-11-7-10-21-9-3-4-12-25(21)22/h3-7,9-18,20H,2,8,19H2,1H3. The van der Waals surface area contributed by atoms with Gasteiger partial charge in [-0.1, -0.05) is 83.5 Å². The predicted octanol–water partition coefficient (Wildman–Crippen LogP) is 7.15. The Bertz CT molecular complexity index is 1860. The van der Waals surface area contributed by atoms with Crippen molar-refractivity contribution in [3.8, 4) is 0 Å². The summed E-state index contributed by atoms with van der Waals surface area (Å²) < 4.78 is 4.55. The number of aromatic nitrogens is 3. The van der Waals surface area contributed by atoms with Gasteiger partial charge in [0.2, 0.25) is 0 Å². The topological polar surface area (TPSA) is 52.2 Å². The van der Waals surface area contributed by atoms with Crippen molar-refractivity contribution in [3.05, 3.63) is 123 Å². The lowest BCUT2D eigenvalue weighted by molar-refractivity contribution is 0.704. The second-order valence-electron chi connectivity index (χ2n) is 9.17. The number of fused-ring (bicyclic) bond motifs is 3. The van der Waals surface area contributed by atoms with Crippen LogP contribution in [0.4, 0.5) is 0 Å². The van der Waals surface area contributed by atoms with E-state index in [1.807, 2.05) is 24.3 Å². The summed E-state index contributed by atoms with van der Waals surface area (Å²) in [5.41, 5.74) is 3.87. The lowest BCUT2D eigenvalue weighted by Crippen LogP contribution is -2.22. The van der Waals surface area contributed by atoms with Gasteiger partial charge in [-0.2, -0.15) is 9.78 Å². The Morgan fingerprint density at radius 3 is 2.57 bits per heavy atom. The molecule has 0 aliphatic heterocycles. The van der Waals surface area contributed by atoms with E-state index in [1.54, 1.807) is 6.21 Å². The molecular weight excluding hydrogens is 524 g/mol. The molecule has 5 nitrogen and oxygen atoms in total. The highest BCUT2D eigenvalue weighted by Gasteiger charge is 2.12. The Balaban J connectivity index is 1.45. The summed E-state index contributed by atoms with van der Waals surface area (Å²) in [4.78, 5) is 18.2.